The van der Waals surface area contributed by atoms with Crippen molar-refractivity contribution in [3.63, 3.8) is 0 Å². The molecule has 2 aromatic carbocycles. The minimum absolute atomic E-state index is 0.0539. The predicted octanol–water partition coefficient (Wildman–Crippen LogP) is 2.67. The molecule has 1 saturated heterocycles. The summed E-state index contributed by atoms with van der Waals surface area (Å²) in [7, 11) is 1.79. The molecule has 1 aliphatic heterocycles. The lowest BCUT2D eigenvalue weighted by molar-refractivity contribution is 0.0785. The van der Waals surface area contributed by atoms with Crippen LogP contribution in [0.15, 0.2) is 48.5 Å². The maximum absolute atomic E-state index is 12.5. The van der Waals surface area contributed by atoms with Gasteiger partial charge in [-0.05, 0) is 42.0 Å². The summed E-state index contributed by atoms with van der Waals surface area (Å²) in [4.78, 5) is 16.5. The third-order valence-electron chi connectivity index (χ3n) is 4.34. The van der Waals surface area contributed by atoms with E-state index in [1.54, 1.807) is 36.2 Å². The number of ether oxygens (including phenoxy) is 1. The fourth-order valence-electron chi connectivity index (χ4n) is 2.89. The summed E-state index contributed by atoms with van der Waals surface area (Å²) in [5.41, 5.74) is 3.42. The SMILES string of the molecule is CN(Cc1ccc(N2CCOCC2)cc1)C(=O)c1ccc(C#N)cc1. The van der Waals surface area contributed by atoms with Gasteiger partial charge in [0.1, 0.15) is 0 Å². The number of hydrogen-bond acceptors (Lipinski definition) is 4. The largest absolute Gasteiger partial charge is 0.378 e. The summed E-state index contributed by atoms with van der Waals surface area (Å²) < 4.78 is 5.38. The molecule has 0 radical (unpaired) electrons. The topological polar surface area (TPSA) is 56.6 Å². The first-order valence-corrected chi connectivity index (χ1v) is 8.34. The average molecular weight is 335 g/mol. The van der Waals surface area contributed by atoms with Gasteiger partial charge in [-0.1, -0.05) is 12.1 Å². The Kier molecular flexibility index (Phi) is 5.32. The Morgan fingerprint density at radius 1 is 1.12 bits per heavy atom. The van der Waals surface area contributed by atoms with E-state index in [4.69, 9.17) is 10.00 Å². The van der Waals surface area contributed by atoms with Crippen LogP contribution in [-0.2, 0) is 11.3 Å². The molecule has 0 spiro atoms. The molecule has 0 saturated carbocycles. The van der Waals surface area contributed by atoms with E-state index in [-0.39, 0.29) is 5.91 Å². The van der Waals surface area contributed by atoms with Crippen LogP contribution in [0.5, 0.6) is 0 Å². The zero-order chi connectivity index (χ0) is 17.6. The lowest BCUT2D eigenvalue weighted by Crippen LogP contribution is -2.36. The molecule has 1 fully saturated rings. The second-order valence-electron chi connectivity index (χ2n) is 6.12. The Balaban J connectivity index is 1.62. The quantitative estimate of drug-likeness (QED) is 0.862. The summed E-state index contributed by atoms with van der Waals surface area (Å²) in [6, 6.07) is 17.1. The van der Waals surface area contributed by atoms with Gasteiger partial charge in [-0.3, -0.25) is 4.79 Å². The van der Waals surface area contributed by atoms with Gasteiger partial charge >= 0.3 is 0 Å². The standard InChI is InChI=1S/C20H21N3O2/c1-22(20(24)18-6-2-16(14-21)3-7-18)15-17-4-8-19(9-5-17)23-10-12-25-13-11-23/h2-9H,10-13,15H2,1H3. The van der Waals surface area contributed by atoms with Crippen LogP contribution >= 0.6 is 0 Å². The number of morpholine rings is 1. The highest BCUT2D eigenvalue weighted by Gasteiger charge is 2.13. The summed E-state index contributed by atoms with van der Waals surface area (Å²) in [6.07, 6.45) is 0. The highest BCUT2D eigenvalue weighted by atomic mass is 16.5. The number of carbonyl (C=O) groups is 1. The molecule has 0 N–H and O–H groups in total. The molecule has 5 nitrogen and oxygen atoms in total. The van der Waals surface area contributed by atoms with E-state index in [2.05, 4.69) is 35.2 Å². The highest BCUT2D eigenvalue weighted by Crippen LogP contribution is 2.18. The minimum atomic E-state index is -0.0539. The van der Waals surface area contributed by atoms with E-state index < -0.39 is 0 Å². The second kappa shape index (κ2) is 7.82. The van der Waals surface area contributed by atoms with Crippen molar-refractivity contribution in [1.82, 2.24) is 4.90 Å². The first-order chi connectivity index (χ1) is 12.2. The van der Waals surface area contributed by atoms with Crippen molar-refractivity contribution in [2.45, 2.75) is 6.54 Å². The second-order valence-corrected chi connectivity index (χ2v) is 6.12. The molecule has 5 heteroatoms. The van der Waals surface area contributed by atoms with Crippen molar-refractivity contribution >= 4 is 11.6 Å². The van der Waals surface area contributed by atoms with E-state index in [9.17, 15) is 4.79 Å². The lowest BCUT2D eigenvalue weighted by Gasteiger charge is -2.29. The summed E-state index contributed by atoms with van der Waals surface area (Å²) in [5, 5.41) is 8.83. The normalized spacial score (nSPS) is 14.0. The van der Waals surface area contributed by atoms with Crippen molar-refractivity contribution in [1.29, 1.82) is 5.26 Å². The predicted molar refractivity (Wildman–Crippen MR) is 96.4 cm³/mol. The molecule has 2 aromatic rings. The summed E-state index contributed by atoms with van der Waals surface area (Å²) in [5.74, 6) is -0.0539. The smallest absolute Gasteiger partial charge is 0.253 e. The lowest BCUT2D eigenvalue weighted by atomic mass is 10.1. The van der Waals surface area contributed by atoms with Gasteiger partial charge in [-0.25, -0.2) is 0 Å². The van der Waals surface area contributed by atoms with Crippen molar-refractivity contribution < 1.29 is 9.53 Å². The van der Waals surface area contributed by atoms with Gasteiger partial charge in [0, 0.05) is 37.9 Å². The number of anilines is 1. The first-order valence-electron chi connectivity index (χ1n) is 8.34. The zero-order valence-electron chi connectivity index (χ0n) is 14.3. The number of amides is 1. The fraction of sp³-hybridized carbons (Fsp3) is 0.300. The van der Waals surface area contributed by atoms with Crippen molar-refractivity contribution in [3.05, 3.63) is 65.2 Å². The van der Waals surface area contributed by atoms with Crippen LogP contribution in [-0.4, -0.2) is 44.2 Å². The maximum atomic E-state index is 12.5. The molecule has 1 amide bonds. The van der Waals surface area contributed by atoms with Gasteiger partial charge in [0.15, 0.2) is 0 Å². The molecule has 1 heterocycles. The van der Waals surface area contributed by atoms with Gasteiger partial charge in [-0.15, -0.1) is 0 Å². The Hall–Kier alpha value is -2.84. The molecule has 0 aliphatic carbocycles. The summed E-state index contributed by atoms with van der Waals surface area (Å²) in [6.45, 7) is 3.91. The van der Waals surface area contributed by atoms with Crippen LogP contribution in [0.3, 0.4) is 0 Å². The number of nitriles is 1. The minimum Gasteiger partial charge on any atom is -0.378 e. The van der Waals surface area contributed by atoms with Crippen LogP contribution in [0.2, 0.25) is 0 Å². The van der Waals surface area contributed by atoms with Crippen LogP contribution in [0.4, 0.5) is 5.69 Å². The number of benzene rings is 2. The Labute approximate surface area is 148 Å². The molecule has 128 valence electrons. The molecular weight excluding hydrogens is 314 g/mol. The van der Waals surface area contributed by atoms with Crippen molar-refractivity contribution in [2.75, 3.05) is 38.3 Å². The number of rotatable bonds is 4. The average Bonchev–Trinajstić information content (AvgIpc) is 2.68. The molecule has 3 rings (SSSR count). The molecule has 0 bridgehead atoms. The Bertz CT molecular complexity index is 757. The van der Waals surface area contributed by atoms with E-state index in [0.717, 1.165) is 31.9 Å². The van der Waals surface area contributed by atoms with Crippen molar-refractivity contribution in [2.24, 2.45) is 0 Å². The van der Waals surface area contributed by atoms with Crippen molar-refractivity contribution in [3.8, 4) is 6.07 Å². The molecule has 0 aromatic heterocycles. The first kappa shape index (κ1) is 17.0. The fourth-order valence-corrected chi connectivity index (χ4v) is 2.89. The zero-order valence-corrected chi connectivity index (χ0v) is 14.3. The van der Waals surface area contributed by atoms with E-state index in [0.29, 0.717) is 17.7 Å². The maximum Gasteiger partial charge on any atom is 0.253 e. The van der Waals surface area contributed by atoms with Crippen LogP contribution in [0.25, 0.3) is 0 Å². The summed E-state index contributed by atoms with van der Waals surface area (Å²) >= 11 is 0. The van der Waals surface area contributed by atoms with E-state index in [1.165, 1.54) is 5.69 Å². The Morgan fingerprint density at radius 2 is 1.76 bits per heavy atom. The van der Waals surface area contributed by atoms with Crippen LogP contribution in [0.1, 0.15) is 21.5 Å². The molecule has 1 aliphatic rings. The molecule has 0 unspecified atom stereocenters. The number of carbonyl (C=O) groups excluding carboxylic acids is 1. The van der Waals surface area contributed by atoms with Crippen LogP contribution < -0.4 is 4.90 Å². The van der Waals surface area contributed by atoms with Gasteiger partial charge in [0.05, 0.1) is 24.8 Å². The number of nitrogens with zero attached hydrogens (tertiary/aromatic N) is 3. The third-order valence-corrected chi connectivity index (χ3v) is 4.34. The molecule has 25 heavy (non-hydrogen) atoms. The van der Waals surface area contributed by atoms with Gasteiger partial charge in [0.2, 0.25) is 0 Å². The van der Waals surface area contributed by atoms with E-state index in [1.807, 2.05) is 0 Å². The van der Waals surface area contributed by atoms with E-state index >= 15 is 0 Å². The van der Waals surface area contributed by atoms with Gasteiger partial charge < -0.3 is 14.5 Å². The third kappa shape index (κ3) is 4.17. The highest BCUT2D eigenvalue weighted by molar-refractivity contribution is 5.94. The Morgan fingerprint density at radius 3 is 2.36 bits per heavy atom. The van der Waals surface area contributed by atoms with Gasteiger partial charge in [-0.2, -0.15) is 5.26 Å². The van der Waals surface area contributed by atoms with Gasteiger partial charge in [0.25, 0.3) is 5.91 Å². The number of hydrogen-bond donors (Lipinski definition) is 0. The molecular formula is C20H21N3O2. The monoisotopic (exact) mass is 335 g/mol. The molecule has 0 atom stereocenters. The van der Waals surface area contributed by atoms with Crippen LogP contribution in [0, 0.1) is 11.3 Å².